The molecule has 0 spiro atoms. The van der Waals surface area contributed by atoms with Crippen LogP contribution in [0, 0.1) is 6.92 Å². The number of hydrazone groups is 1. The molecule has 1 N–H and O–H groups in total. The first-order valence-electron chi connectivity index (χ1n) is 7.95. The number of benzene rings is 2. The number of thiophene rings is 1. The summed E-state index contributed by atoms with van der Waals surface area (Å²) in [5.41, 5.74) is 4.61. The molecule has 0 saturated heterocycles. The van der Waals surface area contributed by atoms with Crippen LogP contribution in [0.4, 0.5) is 0 Å². The Bertz CT molecular complexity index is 1220. The SMILES string of the molecule is Cc1ccc2occ(/C=N/NC(=O)c3csc4ccccc34)c(=O)c2c1. The minimum atomic E-state index is -0.320. The van der Waals surface area contributed by atoms with Crippen LogP contribution in [0.5, 0.6) is 0 Å². The summed E-state index contributed by atoms with van der Waals surface area (Å²) in [6.45, 7) is 1.91. The van der Waals surface area contributed by atoms with Gasteiger partial charge in [-0.05, 0) is 25.1 Å². The zero-order chi connectivity index (χ0) is 18.1. The van der Waals surface area contributed by atoms with Gasteiger partial charge in [0.05, 0.1) is 22.7 Å². The molecule has 2 aromatic carbocycles. The second-order valence-electron chi connectivity index (χ2n) is 5.86. The predicted molar refractivity (Wildman–Crippen MR) is 104 cm³/mol. The highest BCUT2D eigenvalue weighted by atomic mass is 32.1. The zero-order valence-electron chi connectivity index (χ0n) is 13.9. The maximum absolute atomic E-state index is 12.5. The molecule has 2 heterocycles. The van der Waals surface area contributed by atoms with Gasteiger partial charge in [-0.1, -0.05) is 29.8 Å². The first-order valence-corrected chi connectivity index (χ1v) is 8.83. The lowest BCUT2D eigenvalue weighted by atomic mass is 10.1. The fraction of sp³-hybridized carbons (Fsp3) is 0.0500. The van der Waals surface area contributed by atoms with Gasteiger partial charge in [-0.3, -0.25) is 9.59 Å². The van der Waals surface area contributed by atoms with Crippen molar-refractivity contribution in [2.75, 3.05) is 0 Å². The molecule has 0 unspecified atom stereocenters. The summed E-state index contributed by atoms with van der Waals surface area (Å²) in [7, 11) is 0. The van der Waals surface area contributed by atoms with Gasteiger partial charge in [-0.15, -0.1) is 11.3 Å². The molecule has 128 valence electrons. The smallest absolute Gasteiger partial charge is 0.272 e. The molecular formula is C20H14N2O3S. The van der Waals surface area contributed by atoms with Gasteiger partial charge in [0, 0.05) is 15.5 Å². The third-order valence-corrected chi connectivity index (χ3v) is 5.01. The Balaban J connectivity index is 1.59. The van der Waals surface area contributed by atoms with E-state index in [1.807, 2.05) is 37.3 Å². The Morgan fingerprint density at radius 3 is 2.92 bits per heavy atom. The van der Waals surface area contributed by atoms with E-state index in [9.17, 15) is 9.59 Å². The van der Waals surface area contributed by atoms with E-state index in [0.29, 0.717) is 16.5 Å². The van der Waals surface area contributed by atoms with E-state index in [1.54, 1.807) is 17.5 Å². The molecule has 0 saturated carbocycles. The number of carbonyl (C=O) groups is 1. The largest absolute Gasteiger partial charge is 0.463 e. The Morgan fingerprint density at radius 1 is 1.19 bits per heavy atom. The van der Waals surface area contributed by atoms with Crippen molar-refractivity contribution in [2.45, 2.75) is 6.92 Å². The van der Waals surface area contributed by atoms with Gasteiger partial charge in [0.1, 0.15) is 11.8 Å². The van der Waals surface area contributed by atoms with E-state index in [-0.39, 0.29) is 16.9 Å². The van der Waals surface area contributed by atoms with Gasteiger partial charge in [-0.2, -0.15) is 5.10 Å². The van der Waals surface area contributed by atoms with Crippen LogP contribution in [0.25, 0.3) is 21.1 Å². The highest BCUT2D eigenvalue weighted by molar-refractivity contribution is 7.17. The molecule has 1 amide bonds. The number of fused-ring (bicyclic) bond motifs is 2. The minimum absolute atomic E-state index is 0.186. The standard InChI is InChI=1S/C20H14N2O3S/c1-12-6-7-17-15(8-12)19(23)13(10-25-17)9-21-22-20(24)16-11-26-18-5-3-2-4-14(16)18/h2-11H,1H3,(H,22,24)/b21-9+. The summed E-state index contributed by atoms with van der Waals surface area (Å²) < 4.78 is 6.50. The second kappa shape index (κ2) is 6.57. The minimum Gasteiger partial charge on any atom is -0.463 e. The van der Waals surface area contributed by atoms with Gasteiger partial charge in [-0.25, -0.2) is 5.43 Å². The third kappa shape index (κ3) is 2.91. The molecule has 0 fully saturated rings. The maximum Gasteiger partial charge on any atom is 0.272 e. The Kier molecular flexibility index (Phi) is 4.10. The van der Waals surface area contributed by atoms with Gasteiger partial charge >= 0.3 is 0 Å². The van der Waals surface area contributed by atoms with Crippen molar-refractivity contribution in [1.82, 2.24) is 5.43 Å². The van der Waals surface area contributed by atoms with Crippen LogP contribution < -0.4 is 10.9 Å². The molecule has 4 rings (SSSR count). The summed E-state index contributed by atoms with van der Waals surface area (Å²) in [5, 5.41) is 7.08. The molecule has 0 radical (unpaired) electrons. The van der Waals surface area contributed by atoms with Crippen LogP contribution >= 0.6 is 11.3 Å². The van der Waals surface area contributed by atoms with Crippen molar-refractivity contribution in [3.05, 3.63) is 81.0 Å². The molecule has 2 aromatic heterocycles. The summed E-state index contributed by atoms with van der Waals surface area (Å²) in [6.07, 6.45) is 2.65. The average molecular weight is 362 g/mol. The quantitative estimate of drug-likeness (QED) is 0.441. The van der Waals surface area contributed by atoms with Crippen molar-refractivity contribution in [1.29, 1.82) is 0 Å². The number of rotatable bonds is 3. The molecule has 0 bridgehead atoms. The van der Waals surface area contributed by atoms with Gasteiger partial charge in [0.15, 0.2) is 0 Å². The molecule has 0 aliphatic heterocycles. The third-order valence-electron chi connectivity index (χ3n) is 4.05. The highest BCUT2D eigenvalue weighted by Gasteiger charge is 2.11. The molecule has 5 nitrogen and oxygen atoms in total. The predicted octanol–water partition coefficient (Wildman–Crippen LogP) is 4.08. The van der Waals surface area contributed by atoms with E-state index in [4.69, 9.17) is 4.42 Å². The number of aryl methyl sites for hydroxylation is 1. The number of hydrogen-bond donors (Lipinski definition) is 1. The van der Waals surface area contributed by atoms with Crippen molar-refractivity contribution in [2.24, 2.45) is 5.10 Å². The maximum atomic E-state index is 12.5. The average Bonchev–Trinajstić information content (AvgIpc) is 3.08. The first kappa shape index (κ1) is 16.2. The van der Waals surface area contributed by atoms with Crippen LogP contribution in [-0.4, -0.2) is 12.1 Å². The molecule has 26 heavy (non-hydrogen) atoms. The monoisotopic (exact) mass is 362 g/mol. The van der Waals surface area contributed by atoms with E-state index in [0.717, 1.165) is 15.6 Å². The first-order chi connectivity index (χ1) is 12.6. The van der Waals surface area contributed by atoms with E-state index in [2.05, 4.69) is 10.5 Å². The van der Waals surface area contributed by atoms with Crippen molar-refractivity contribution >= 4 is 44.5 Å². The number of nitrogens with one attached hydrogen (secondary N) is 1. The van der Waals surface area contributed by atoms with Crippen LogP contribution in [0.3, 0.4) is 0 Å². The molecular weight excluding hydrogens is 348 g/mol. The Hall–Kier alpha value is -3.25. The van der Waals surface area contributed by atoms with Crippen LogP contribution in [-0.2, 0) is 0 Å². The summed E-state index contributed by atoms with van der Waals surface area (Å²) in [5.74, 6) is -0.320. The van der Waals surface area contributed by atoms with Gasteiger partial charge < -0.3 is 4.42 Å². The normalized spacial score (nSPS) is 11.4. The lowest BCUT2D eigenvalue weighted by Crippen LogP contribution is -2.18. The molecule has 0 aliphatic rings. The molecule has 6 heteroatoms. The van der Waals surface area contributed by atoms with E-state index in [1.165, 1.54) is 23.8 Å². The number of carbonyl (C=O) groups excluding carboxylic acids is 1. The number of nitrogens with zero attached hydrogens (tertiary/aromatic N) is 1. The number of hydrogen-bond acceptors (Lipinski definition) is 5. The Labute approximate surface area is 152 Å². The lowest BCUT2D eigenvalue weighted by molar-refractivity contribution is 0.0957. The summed E-state index contributed by atoms with van der Waals surface area (Å²) >= 11 is 1.50. The zero-order valence-corrected chi connectivity index (χ0v) is 14.7. The van der Waals surface area contributed by atoms with Crippen molar-refractivity contribution in [3.63, 3.8) is 0 Å². The fourth-order valence-electron chi connectivity index (χ4n) is 2.72. The summed E-state index contributed by atoms with van der Waals surface area (Å²) in [6, 6.07) is 13.1. The van der Waals surface area contributed by atoms with Gasteiger partial charge in [0.2, 0.25) is 5.43 Å². The topological polar surface area (TPSA) is 71.7 Å². The molecule has 4 aromatic rings. The van der Waals surface area contributed by atoms with E-state index >= 15 is 0 Å². The summed E-state index contributed by atoms with van der Waals surface area (Å²) in [4.78, 5) is 24.8. The Morgan fingerprint density at radius 2 is 2.04 bits per heavy atom. The lowest BCUT2D eigenvalue weighted by Gasteiger charge is -2.00. The second-order valence-corrected chi connectivity index (χ2v) is 6.78. The van der Waals surface area contributed by atoms with E-state index < -0.39 is 0 Å². The number of amides is 1. The molecule has 0 atom stereocenters. The van der Waals surface area contributed by atoms with Crippen molar-refractivity contribution < 1.29 is 9.21 Å². The highest BCUT2D eigenvalue weighted by Crippen LogP contribution is 2.25. The fourth-order valence-corrected chi connectivity index (χ4v) is 3.66. The van der Waals surface area contributed by atoms with Gasteiger partial charge in [0.25, 0.3) is 5.91 Å². The van der Waals surface area contributed by atoms with Crippen LogP contribution in [0.1, 0.15) is 21.5 Å². The van der Waals surface area contributed by atoms with Crippen LogP contribution in [0.15, 0.2) is 68.4 Å². The van der Waals surface area contributed by atoms with Crippen molar-refractivity contribution in [3.8, 4) is 0 Å². The van der Waals surface area contributed by atoms with Crippen LogP contribution in [0.2, 0.25) is 0 Å². The molecule has 0 aliphatic carbocycles.